The van der Waals surface area contributed by atoms with Crippen molar-refractivity contribution in [2.24, 2.45) is 11.7 Å². The fraction of sp³-hybridized carbons (Fsp3) is 0.692. The molecular weight excluding hydrogens is 264 g/mol. The van der Waals surface area contributed by atoms with Crippen molar-refractivity contribution in [1.29, 1.82) is 0 Å². The molecule has 1 aromatic heterocycles. The number of nitrogens with zero attached hydrogens (tertiary/aromatic N) is 1. The van der Waals surface area contributed by atoms with E-state index in [9.17, 15) is 8.42 Å². The van der Waals surface area contributed by atoms with E-state index >= 15 is 0 Å². The van der Waals surface area contributed by atoms with E-state index in [1.165, 1.54) is 0 Å². The third-order valence-electron chi connectivity index (χ3n) is 3.86. The first-order chi connectivity index (χ1) is 8.82. The molecule has 0 bridgehead atoms. The number of hydrogen-bond donors (Lipinski definition) is 1. The zero-order valence-electron chi connectivity index (χ0n) is 11.7. The maximum absolute atomic E-state index is 12.5. The zero-order valence-corrected chi connectivity index (χ0v) is 12.5. The van der Waals surface area contributed by atoms with Crippen LogP contribution in [0.5, 0.6) is 0 Å². The Hall–Kier alpha value is -0.850. The quantitative estimate of drug-likeness (QED) is 0.916. The minimum Gasteiger partial charge on any atom is -0.465 e. The predicted molar refractivity (Wildman–Crippen MR) is 73.3 cm³/mol. The fourth-order valence-corrected chi connectivity index (χ4v) is 4.33. The summed E-state index contributed by atoms with van der Waals surface area (Å²) in [7, 11) is -3.42. The highest BCUT2D eigenvalue weighted by Crippen LogP contribution is 2.28. The van der Waals surface area contributed by atoms with E-state index in [-0.39, 0.29) is 6.04 Å². The molecule has 19 heavy (non-hydrogen) atoms. The van der Waals surface area contributed by atoms with Crippen molar-refractivity contribution in [1.82, 2.24) is 4.31 Å². The van der Waals surface area contributed by atoms with Gasteiger partial charge in [0.15, 0.2) is 0 Å². The van der Waals surface area contributed by atoms with Crippen molar-refractivity contribution in [2.75, 3.05) is 13.1 Å². The maximum Gasteiger partial charge on any atom is 0.246 e. The van der Waals surface area contributed by atoms with Crippen molar-refractivity contribution in [2.45, 2.75) is 44.6 Å². The second-order valence-electron chi connectivity index (χ2n) is 5.38. The van der Waals surface area contributed by atoms with E-state index in [1.807, 2.05) is 6.92 Å². The van der Waals surface area contributed by atoms with Crippen molar-refractivity contribution >= 4 is 10.0 Å². The second kappa shape index (κ2) is 5.26. The molecule has 0 amide bonds. The van der Waals surface area contributed by atoms with E-state index in [0.29, 0.717) is 35.4 Å². The van der Waals surface area contributed by atoms with Gasteiger partial charge in [-0.15, -0.1) is 0 Å². The molecule has 1 aliphatic rings. The van der Waals surface area contributed by atoms with Crippen LogP contribution in [-0.4, -0.2) is 31.9 Å². The minimum atomic E-state index is -3.42. The van der Waals surface area contributed by atoms with Crippen molar-refractivity contribution in [3.63, 3.8) is 0 Å². The first kappa shape index (κ1) is 14.6. The lowest BCUT2D eigenvalue weighted by atomic mass is 9.92. The molecule has 2 N–H and O–H groups in total. The molecule has 2 rings (SSSR count). The summed E-state index contributed by atoms with van der Waals surface area (Å²) >= 11 is 0. The highest BCUT2D eigenvalue weighted by Gasteiger charge is 2.32. The van der Waals surface area contributed by atoms with Gasteiger partial charge in [-0.05, 0) is 45.6 Å². The molecule has 6 heteroatoms. The molecule has 1 aromatic rings. The third-order valence-corrected chi connectivity index (χ3v) is 5.86. The van der Waals surface area contributed by atoms with Gasteiger partial charge in [0.25, 0.3) is 0 Å². The Balaban J connectivity index is 2.16. The standard InChI is InChI=1S/C13H22N2O3S/c1-9-8-13(11(3)18-9)19(16,17)15-6-4-12(5-7-15)10(2)14/h8,10,12H,4-7,14H2,1-3H3. The topological polar surface area (TPSA) is 76.5 Å². The Morgan fingerprint density at radius 3 is 2.37 bits per heavy atom. The maximum atomic E-state index is 12.5. The molecule has 1 unspecified atom stereocenters. The Labute approximate surface area is 114 Å². The molecule has 0 aromatic carbocycles. The summed E-state index contributed by atoms with van der Waals surface area (Å²) in [5, 5.41) is 0. The third kappa shape index (κ3) is 2.85. The van der Waals surface area contributed by atoms with Crippen LogP contribution in [0.3, 0.4) is 0 Å². The molecule has 0 radical (unpaired) electrons. The zero-order chi connectivity index (χ0) is 14.2. The number of aryl methyl sites for hydroxylation is 2. The smallest absolute Gasteiger partial charge is 0.246 e. The average molecular weight is 286 g/mol. The Morgan fingerprint density at radius 1 is 1.37 bits per heavy atom. The summed E-state index contributed by atoms with van der Waals surface area (Å²) in [5.41, 5.74) is 5.88. The SMILES string of the molecule is Cc1cc(S(=O)(=O)N2CCC(C(C)N)CC2)c(C)o1. The van der Waals surface area contributed by atoms with Crippen LogP contribution in [0.15, 0.2) is 15.4 Å². The second-order valence-corrected chi connectivity index (χ2v) is 7.28. The van der Waals surface area contributed by atoms with Gasteiger partial charge in [-0.25, -0.2) is 8.42 Å². The summed E-state index contributed by atoms with van der Waals surface area (Å²) in [4.78, 5) is 0.296. The normalized spacial score (nSPS) is 20.6. The van der Waals surface area contributed by atoms with Crippen LogP contribution in [0.25, 0.3) is 0 Å². The minimum absolute atomic E-state index is 0.128. The van der Waals surface area contributed by atoms with Gasteiger partial charge in [0.05, 0.1) is 0 Å². The van der Waals surface area contributed by atoms with Crippen LogP contribution < -0.4 is 5.73 Å². The molecule has 1 atom stereocenters. The van der Waals surface area contributed by atoms with Gasteiger partial charge in [-0.1, -0.05) is 0 Å². The van der Waals surface area contributed by atoms with E-state index in [1.54, 1.807) is 24.2 Å². The summed E-state index contributed by atoms with van der Waals surface area (Å²) in [6.45, 7) is 6.51. The molecule has 0 aliphatic carbocycles. The summed E-state index contributed by atoms with van der Waals surface area (Å²) in [6.07, 6.45) is 1.65. The summed E-state index contributed by atoms with van der Waals surface area (Å²) in [5.74, 6) is 1.51. The van der Waals surface area contributed by atoms with Gasteiger partial charge in [0, 0.05) is 19.1 Å². The van der Waals surface area contributed by atoms with Crippen LogP contribution in [0.1, 0.15) is 31.3 Å². The first-order valence-electron chi connectivity index (χ1n) is 6.65. The van der Waals surface area contributed by atoms with Crippen LogP contribution >= 0.6 is 0 Å². The number of sulfonamides is 1. The first-order valence-corrected chi connectivity index (χ1v) is 8.09. The van der Waals surface area contributed by atoms with Gasteiger partial charge >= 0.3 is 0 Å². The van der Waals surface area contributed by atoms with Crippen LogP contribution in [0.4, 0.5) is 0 Å². The van der Waals surface area contributed by atoms with Gasteiger partial charge < -0.3 is 10.2 Å². The Kier molecular flexibility index (Phi) is 4.03. The average Bonchev–Trinajstić information content (AvgIpc) is 2.69. The molecule has 1 fully saturated rings. The lowest BCUT2D eigenvalue weighted by Crippen LogP contribution is -2.42. The van der Waals surface area contributed by atoms with Crippen LogP contribution in [-0.2, 0) is 10.0 Å². The molecule has 1 saturated heterocycles. The van der Waals surface area contributed by atoms with Crippen LogP contribution in [0, 0.1) is 19.8 Å². The lowest BCUT2D eigenvalue weighted by molar-refractivity contribution is 0.250. The number of hydrogen-bond acceptors (Lipinski definition) is 4. The van der Waals surface area contributed by atoms with E-state index < -0.39 is 10.0 Å². The van der Waals surface area contributed by atoms with E-state index in [0.717, 1.165) is 12.8 Å². The van der Waals surface area contributed by atoms with Crippen LogP contribution in [0.2, 0.25) is 0 Å². The van der Waals surface area contributed by atoms with Gasteiger partial charge in [-0.2, -0.15) is 4.31 Å². The highest BCUT2D eigenvalue weighted by molar-refractivity contribution is 7.89. The molecule has 5 nitrogen and oxygen atoms in total. The van der Waals surface area contributed by atoms with E-state index in [4.69, 9.17) is 10.2 Å². The highest BCUT2D eigenvalue weighted by atomic mass is 32.2. The molecule has 0 spiro atoms. The largest absolute Gasteiger partial charge is 0.465 e. The lowest BCUT2D eigenvalue weighted by Gasteiger charge is -2.32. The Morgan fingerprint density at radius 2 is 1.95 bits per heavy atom. The Bertz CT molecular complexity index is 540. The monoisotopic (exact) mass is 286 g/mol. The summed E-state index contributed by atoms with van der Waals surface area (Å²) < 4.78 is 31.9. The molecule has 2 heterocycles. The predicted octanol–water partition coefficient (Wildman–Crippen LogP) is 1.64. The number of furan rings is 1. The number of piperidine rings is 1. The van der Waals surface area contributed by atoms with Gasteiger partial charge in [0.2, 0.25) is 10.0 Å². The molecule has 0 saturated carbocycles. The molecule has 108 valence electrons. The van der Waals surface area contributed by atoms with Crippen molar-refractivity contribution in [3.8, 4) is 0 Å². The van der Waals surface area contributed by atoms with Gasteiger partial charge in [0.1, 0.15) is 16.4 Å². The molecular formula is C13H22N2O3S. The van der Waals surface area contributed by atoms with E-state index in [2.05, 4.69) is 0 Å². The summed E-state index contributed by atoms with van der Waals surface area (Å²) in [6, 6.07) is 1.73. The number of rotatable bonds is 3. The molecule has 1 aliphatic heterocycles. The van der Waals surface area contributed by atoms with Gasteiger partial charge in [-0.3, -0.25) is 0 Å². The van der Waals surface area contributed by atoms with Crippen molar-refractivity contribution < 1.29 is 12.8 Å². The van der Waals surface area contributed by atoms with Crippen molar-refractivity contribution in [3.05, 3.63) is 17.6 Å². The fourth-order valence-electron chi connectivity index (χ4n) is 2.64. The number of nitrogens with two attached hydrogens (primary N) is 1.